The first-order valence-corrected chi connectivity index (χ1v) is 5.99. The van der Waals surface area contributed by atoms with E-state index in [4.69, 9.17) is 11.6 Å². The Morgan fingerprint density at radius 3 is 2.56 bits per heavy atom. The maximum Gasteiger partial charge on any atom is 0.279 e. The zero-order valence-corrected chi connectivity index (χ0v) is 11.2. The summed E-state index contributed by atoms with van der Waals surface area (Å²) in [4.78, 5) is 22.5. The number of anilines is 1. The number of carbonyl (C=O) groups is 2. The second-order valence-corrected chi connectivity index (χ2v) is 4.31. The number of quaternary nitrogens is 1. The van der Waals surface area contributed by atoms with Crippen molar-refractivity contribution in [3.05, 3.63) is 28.8 Å². The van der Waals surface area contributed by atoms with Gasteiger partial charge in [-0.2, -0.15) is 0 Å². The molecule has 18 heavy (non-hydrogen) atoms. The molecule has 0 atom stereocenters. The van der Waals surface area contributed by atoms with Crippen molar-refractivity contribution in [3.8, 4) is 0 Å². The van der Waals surface area contributed by atoms with Gasteiger partial charge in [0.05, 0.1) is 10.7 Å². The highest BCUT2D eigenvalue weighted by atomic mass is 35.5. The van der Waals surface area contributed by atoms with Crippen molar-refractivity contribution in [2.24, 2.45) is 0 Å². The Morgan fingerprint density at radius 2 is 1.94 bits per heavy atom. The second kappa shape index (κ2) is 6.98. The van der Waals surface area contributed by atoms with Crippen molar-refractivity contribution in [2.75, 3.05) is 25.5 Å². The van der Waals surface area contributed by atoms with E-state index in [1.807, 2.05) is 13.0 Å². The molecule has 98 valence electrons. The SMILES string of the molecule is CNC(=O)C[NH2+]CC(=O)Nc1ccc(C)cc1Cl. The predicted octanol–water partition coefficient (Wildman–Crippen LogP) is -0.104. The fourth-order valence-electron chi connectivity index (χ4n) is 1.36. The van der Waals surface area contributed by atoms with E-state index in [1.165, 1.54) is 0 Å². The van der Waals surface area contributed by atoms with Gasteiger partial charge >= 0.3 is 0 Å². The van der Waals surface area contributed by atoms with Crippen molar-refractivity contribution >= 4 is 29.1 Å². The largest absolute Gasteiger partial charge is 0.354 e. The van der Waals surface area contributed by atoms with Gasteiger partial charge in [-0.3, -0.25) is 9.59 Å². The zero-order valence-electron chi connectivity index (χ0n) is 10.4. The fraction of sp³-hybridized carbons (Fsp3) is 0.333. The summed E-state index contributed by atoms with van der Waals surface area (Å²) >= 11 is 5.99. The third kappa shape index (κ3) is 4.73. The number of nitrogens with two attached hydrogens (primary N) is 1. The van der Waals surface area contributed by atoms with Gasteiger partial charge in [0.1, 0.15) is 0 Å². The number of carbonyl (C=O) groups excluding carboxylic acids is 2. The van der Waals surface area contributed by atoms with E-state index in [9.17, 15) is 9.59 Å². The quantitative estimate of drug-likeness (QED) is 0.699. The lowest BCUT2D eigenvalue weighted by Crippen LogP contribution is -2.88. The van der Waals surface area contributed by atoms with Crippen LogP contribution >= 0.6 is 11.6 Å². The average molecular weight is 271 g/mol. The Morgan fingerprint density at radius 1 is 1.28 bits per heavy atom. The van der Waals surface area contributed by atoms with Gasteiger partial charge in [0, 0.05) is 7.05 Å². The molecule has 1 aromatic carbocycles. The van der Waals surface area contributed by atoms with Crippen LogP contribution in [0.15, 0.2) is 18.2 Å². The Kier molecular flexibility index (Phi) is 5.61. The molecule has 2 amide bonds. The first-order chi connectivity index (χ1) is 8.52. The summed E-state index contributed by atoms with van der Waals surface area (Å²) in [6.07, 6.45) is 0. The van der Waals surface area contributed by atoms with E-state index in [-0.39, 0.29) is 24.9 Å². The van der Waals surface area contributed by atoms with Crippen LogP contribution in [0.25, 0.3) is 0 Å². The van der Waals surface area contributed by atoms with Crippen LogP contribution in [-0.4, -0.2) is 32.0 Å². The standard InChI is InChI=1S/C12H16ClN3O2/c1-8-3-4-10(9(13)5-8)16-12(18)7-15-6-11(17)14-2/h3-5,15H,6-7H2,1-2H3,(H,14,17)(H,16,18)/p+1. The van der Waals surface area contributed by atoms with Crippen LogP contribution in [-0.2, 0) is 9.59 Å². The van der Waals surface area contributed by atoms with Crippen molar-refractivity contribution in [2.45, 2.75) is 6.92 Å². The molecule has 0 aliphatic rings. The minimum Gasteiger partial charge on any atom is -0.354 e. The van der Waals surface area contributed by atoms with Crippen molar-refractivity contribution in [1.82, 2.24) is 5.32 Å². The Balaban J connectivity index is 2.42. The first-order valence-electron chi connectivity index (χ1n) is 5.61. The van der Waals surface area contributed by atoms with Gasteiger partial charge in [-0.1, -0.05) is 17.7 Å². The number of hydrogen-bond acceptors (Lipinski definition) is 2. The Bertz CT molecular complexity index is 449. The lowest BCUT2D eigenvalue weighted by atomic mass is 10.2. The zero-order chi connectivity index (χ0) is 13.5. The molecule has 0 fully saturated rings. The van der Waals surface area contributed by atoms with Crippen LogP contribution in [0.2, 0.25) is 5.02 Å². The summed E-state index contributed by atoms with van der Waals surface area (Å²) < 4.78 is 0. The Labute approximate surface area is 111 Å². The van der Waals surface area contributed by atoms with Gasteiger partial charge in [0.15, 0.2) is 13.1 Å². The number of amides is 2. The number of nitrogens with one attached hydrogen (secondary N) is 2. The van der Waals surface area contributed by atoms with Crippen LogP contribution in [0.1, 0.15) is 5.56 Å². The van der Waals surface area contributed by atoms with Gasteiger partial charge in [-0.25, -0.2) is 0 Å². The molecule has 0 spiro atoms. The molecule has 1 rings (SSSR count). The number of likely N-dealkylation sites (N-methyl/N-ethyl adjacent to an activating group) is 1. The summed E-state index contributed by atoms with van der Waals surface area (Å²) in [7, 11) is 1.56. The van der Waals surface area contributed by atoms with Crippen molar-refractivity contribution in [3.63, 3.8) is 0 Å². The van der Waals surface area contributed by atoms with E-state index in [0.717, 1.165) is 5.56 Å². The van der Waals surface area contributed by atoms with Gasteiger partial charge < -0.3 is 16.0 Å². The summed E-state index contributed by atoms with van der Waals surface area (Å²) in [5.41, 5.74) is 1.62. The van der Waals surface area contributed by atoms with Gasteiger partial charge in [-0.05, 0) is 24.6 Å². The van der Waals surface area contributed by atoms with Gasteiger partial charge in [-0.15, -0.1) is 0 Å². The van der Waals surface area contributed by atoms with Crippen molar-refractivity contribution < 1.29 is 14.9 Å². The summed E-state index contributed by atoms with van der Waals surface area (Å²) in [6.45, 7) is 2.33. The monoisotopic (exact) mass is 270 g/mol. The topological polar surface area (TPSA) is 74.8 Å². The molecule has 0 radical (unpaired) electrons. The van der Waals surface area contributed by atoms with E-state index in [2.05, 4.69) is 10.6 Å². The van der Waals surface area contributed by atoms with Crippen LogP contribution < -0.4 is 16.0 Å². The third-order valence-electron chi connectivity index (χ3n) is 2.34. The normalized spacial score (nSPS) is 9.94. The summed E-state index contributed by atoms with van der Waals surface area (Å²) in [6, 6.07) is 5.41. The van der Waals surface area contributed by atoms with Crippen LogP contribution in [0.3, 0.4) is 0 Å². The van der Waals surface area contributed by atoms with Crippen molar-refractivity contribution in [1.29, 1.82) is 0 Å². The molecular formula is C12H17ClN3O2+. The first kappa shape index (κ1) is 14.5. The number of hydrogen-bond donors (Lipinski definition) is 3. The lowest BCUT2D eigenvalue weighted by Gasteiger charge is -2.07. The molecule has 0 aliphatic heterocycles. The molecule has 0 aromatic heterocycles. The molecular weight excluding hydrogens is 254 g/mol. The molecule has 1 aromatic rings. The maximum atomic E-state index is 11.6. The second-order valence-electron chi connectivity index (χ2n) is 3.90. The maximum absolute atomic E-state index is 11.6. The third-order valence-corrected chi connectivity index (χ3v) is 2.65. The minimum absolute atomic E-state index is 0.115. The fourth-order valence-corrected chi connectivity index (χ4v) is 1.64. The van der Waals surface area contributed by atoms with Crippen LogP contribution in [0, 0.1) is 6.92 Å². The predicted molar refractivity (Wildman–Crippen MR) is 70.5 cm³/mol. The summed E-state index contributed by atoms with van der Waals surface area (Å²) in [5.74, 6) is -0.305. The highest BCUT2D eigenvalue weighted by molar-refractivity contribution is 6.33. The molecule has 0 heterocycles. The Hall–Kier alpha value is -1.59. The van der Waals surface area contributed by atoms with E-state index < -0.39 is 0 Å². The van der Waals surface area contributed by atoms with Gasteiger partial charge in [0.2, 0.25) is 0 Å². The number of halogens is 1. The van der Waals surface area contributed by atoms with E-state index >= 15 is 0 Å². The average Bonchev–Trinajstić information content (AvgIpc) is 2.32. The minimum atomic E-state index is -0.190. The molecule has 4 N–H and O–H groups in total. The molecule has 5 nitrogen and oxygen atoms in total. The number of benzene rings is 1. The number of aryl methyl sites for hydroxylation is 1. The summed E-state index contributed by atoms with van der Waals surface area (Å²) in [5, 5.41) is 7.31. The lowest BCUT2D eigenvalue weighted by molar-refractivity contribution is -0.632. The van der Waals surface area contributed by atoms with E-state index in [1.54, 1.807) is 24.5 Å². The molecule has 0 bridgehead atoms. The van der Waals surface area contributed by atoms with Crippen LogP contribution in [0.5, 0.6) is 0 Å². The number of rotatable bonds is 5. The highest BCUT2D eigenvalue weighted by Crippen LogP contribution is 2.22. The van der Waals surface area contributed by atoms with Crippen LogP contribution in [0.4, 0.5) is 5.69 Å². The van der Waals surface area contributed by atoms with Gasteiger partial charge in [0.25, 0.3) is 11.8 Å². The molecule has 0 saturated heterocycles. The molecule has 0 unspecified atom stereocenters. The molecule has 0 aliphatic carbocycles. The highest BCUT2D eigenvalue weighted by Gasteiger charge is 2.08. The smallest absolute Gasteiger partial charge is 0.279 e. The molecule has 0 saturated carbocycles. The van der Waals surface area contributed by atoms with E-state index in [0.29, 0.717) is 10.7 Å². The molecule has 6 heteroatoms.